The van der Waals surface area contributed by atoms with Crippen molar-refractivity contribution in [3.63, 3.8) is 0 Å². The van der Waals surface area contributed by atoms with Gasteiger partial charge >= 0.3 is 0 Å². The highest BCUT2D eigenvalue weighted by Gasteiger charge is 2.34. The topological polar surface area (TPSA) is 6.48 Å². The van der Waals surface area contributed by atoms with Gasteiger partial charge in [-0.3, -0.25) is 4.90 Å². The Kier molecular flexibility index (Phi) is 6.70. The maximum Gasteiger partial charge on any atom is 0.0220 e. The van der Waals surface area contributed by atoms with E-state index in [-0.39, 0.29) is 0 Å². The third-order valence-electron chi connectivity index (χ3n) is 5.53. The molecule has 20 heavy (non-hydrogen) atoms. The van der Waals surface area contributed by atoms with Crippen molar-refractivity contribution < 1.29 is 0 Å². The summed E-state index contributed by atoms with van der Waals surface area (Å²) < 4.78 is 0. The van der Waals surface area contributed by atoms with E-state index < -0.39 is 0 Å². The fourth-order valence-corrected chi connectivity index (χ4v) is 4.58. The van der Waals surface area contributed by atoms with Crippen molar-refractivity contribution in [2.75, 3.05) is 39.0 Å². The first-order valence-corrected chi connectivity index (χ1v) is 9.36. The van der Waals surface area contributed by atoms with E-state index in [1.807, 2.05) is 0 Å². The molecule has 2 rings (SSSR count). The third kappa shape index (κ3) is 4.38. The van der Waals surface area contributed by atoms with E-state index in [1.165, 1.54) is 77.5 Å². The number of hydrogen-bond donors (Lipinski definition) is 1. The Morgan fingerprint density at radius 2 is 1.75 bits per heavy atom. The predicted octanol–water partition coefficient (Wildman–Crippen LogP) is 3.67. The Bertz CT molecular complexity index is 274. The summed E-state index contributed by atoms with van der Waals surface area (Å²) in [7, 11) is 2.28. The fourth-order valence-electron chi connectivity index (χ4n) is 4.16. The molecular weight excluding hydrogens is 264 g/mol. The number of likely N-dealkylation sites (N-methyl/N-ethyl adjacent to an activating group) is 1. The molecule has 0 amide bonds. The van der Waals surface area contributed by atoms with Crippen LogP contribution in [0.2, 0.25) is 0 Å². The van der Waals surface area contributed by atoms with E-state index in [0.29, 0.717) is 5.41 Å². The van der Waals surface area contributed by atoms with Gasteiger partial charge < -0.3 is 4.90 Å². The molecule has 0 aromatic carbocycles. The number of rotatable bonds is 4. The van der Waals surface area contributed by atoms with Crippen LogP contribution in [-0.2, 0) is 0 Å². The first-order valence-electron chi connectivity index (χ1n) is 8.72. The van der Waals surface area contributed by atoms with Crippen LogP contribution in [0.25, 0.3) is 0 Å². The third-order valence-corrected chi connectivity index (χ3v) is 6.20. The minimum atomic E-state index is 0.496. The van der Waals surface area contributed by atoms with Crippen LogP contribution in [0.3, 0.4) is 0 Å². The lowest BCUT2D eigenvalue weighted by molar-refractivity contribution is 0.107. The molecule has 0 bridgehead atoms. The lowest BCUT2D eigenvalue weighted by Gasteiger charge is -2.40. The average molecular weight is 299 g/mol. The van der Waals surface area contributed by atoms with Gasteiger partial charge in [0.15, 0.2) is 0 Å². The zero-order chi connectivity index (χ0) is 14.4. The van der Waals surface area contributed by atoms with Gasteiger partial charge in [0.25, 0.3) is 0 Å². The molecule has 1 atom stereocenters. The van der Waals surface area contributed by atoms with E-state index in [0.717, 1.165) is 11.8 Å². The molecule has 0 spiro atoms. The maximum atomic E-state index is 4.76. The Morgan fingerprint density at radius 3 is 2.35 bits per heavy atom. The molecule has 0 aromatic rings. The first kappa shape index (κ1) is 16.6. The van der Waals surface area contributed by atoms with E-state index in [2.05, 4.69) is 23.8 Å². The molecule has 1 saturated carbocycles. The predicted molar refractivity (Wildman–Crippen MR) is 91.8 cm³/mol. The SMILES string of the molecule is CCC1CN(C)CCCN1CC1(CS)CCCCCC1. The molecule has 3 heteroatoms. The number of thiol groups is 1. The molecule has 0 N–H and O–H groups in total. The minimum Gasteiger partial charge on any atom is -0.305 e. The molecular formula is C17H34N2S. The van der Waals surface area contributed by atoms with Crippen LogP contribution in [0.5, 0.6) is 0 Å². The Labute approximate surface area is 131 Å². The average Bonchev–Trinajstić information content (AvgIpc) is 2.78. The van der Waals surface area contributed by atoms with Crippen LogP contribution in [-0.4, -0.2) is 54.8 Å². The fraction of sp³-hybridized carbons (Fsp3) is 1.00. The lowest BCUT2D eigenvalue weighted by Crippen LogP contribution is -2.46. The Morgan fingerprint density at radius 1 is 1.05 bits per heavy atom. The smallest absolute Gasteiger partial charge is 0.0220 e. The van der Waals surface area contributed by atoms with Crippen LogP contribution in [0.4, 0.5) is 0 Å². The molecule has 1 aliphatic carbocycles. The van der Waals surface area contributed by atoms with Gasteiger partial charge in [0.2, 0.25) is 0 Å². The second-order valence-corrected chi connectivity index (χ2v) is 7.54. The minimum absolute atomic E-state index is 0.496. The summed E-state index contributed by atoms with van der Waals surface area (Å²) >= 11 is 4.76. The highest BCUT2D eigenvalue weighted by molar-refractivity contribution is 7.80. The van der Waals surface area contributed by atoms with E-state index in [1.54, 1.807) is 0 Å². The monoisotopic (exact) mass is 298 g/mol. The van der Waals surface area contributed by atoms with Crippen molar-refractivity contribution in [1.82, 2.24) is 9.80 Å². The van der Waals surface area contributed by atoms with Crippen molar-refractivity contribution in [1.29, 1.82) is 0 Å². The molecule has 0 aromatic heterocycles. The molecule has 118 valence electrons. The molecule has 2 nitrogen and oxygen atoms in total. The molecule has 2 aliphatic rings. The van der Waals surface area contributed by atoms with Crippen molar-refractivity contribution in [3.05, 3.63) is 0 Å². The summed E-state index contributed by atoms with van der Waals surface area (Å²) in [6.07, 6.45) is 11.1. The van der Waals surface area contributed by atoms with Gasteiger partial charge in [0.1, 0.15) is 0 Å². The molecule has 1 saturated heterocycles. The quantitative estimate of drug-likeness (QED) is 0.625. The first-order chi connectivity index (χ1) is 9.69. The maximum absolute atomic E-state index is 4.76. The van der Waals surface area contributed by atoms with Gasteiger partial charge in [0.05, 0.1) is 0 Å². The summed E-state index contributed by atoms with van der Waals surface area (Å²) in [4.78, 5) is 5.33. The number of nitrogens with zero attached hydrogens (tertiary/aromatic N) is 2. The van der Waals surface area contributed by atoms with Crippen LogP contribution in [0.15, 0.2) is 0 Å². The normalized spacial score (nSPS) is 29.9. The van der Waals surface area contributed by atoms with Crippen LogP contribution < -0.4 is 0 Å². The van der Waals surface area contributed by atoms with Gasteiger partial charge in [0, 0.05) is 19.1 Å². The van der Waals surface area contributed by atoms with Gasteiger partial charge in [-0.25, -0.2) is 0 Å². The van der Waals surface area contributed by atoms with Crippen LogP contribution in [0, 0.1) is 5.41 Å². The standard InChI is InChI=1S/C17H34N2S/c1-3-16-13-18(2)11-8-12-19(16)14-17(15-20)9-6-4-5-7-10-17/h16,20H,3-15H2,1-2H3. The van der Waals surface area contributed by atoms with Crippen molar-refractivity contribution in [2.45, 2.75) is 64.3 Å². The van der Waals surface area contributed by atoms with Crippen molar-refractivity contribution >= 4 is 12.6 Å². The van der Waals surface area contributed by atoms with Gasteiger partial charge in [-0.1, -0.05) is 32.6 Å². The molecule has 1 heterocycles. The highest BCUT2D eigenvalue weighted by atomic mass is 32.1. The summed E-state index contributed by atoms with van der Waals surface area (Å²) in [5.41, 5.74) is 0.496. The largest absolute Gasteiger partial charge is 0.305 e. The molecule has 2 fully saturated rings. The summed E-state index contributed by atoms with van der Waals surface area (Å²) in [5.74, 6) is 1.08. The van der Waals surface area contributed by atoms with E-state index >= 15 is 0 Å². The number of hydrogen-bond acceptors (Lipinski definition) is 3. The van der Waals surface area contributed by atoms with E-state index in [9.17, 15) is 0 Å². The highest BCUT2D eigenvalue weighted by Crippen LogP contribution is 2.37. The van der Waals surface area contributed by atoms with Gasteiger partial charge in [-0.2, -0.15) is 12.6 Å². The molecule has 0 radical (unpaired) electrons. The van der Waals surface area contributed by atoms with E-state index in [4.69, 9.17) is 12.6 Å². The summed E-state index contributed by atoms with van der Waals surface area (Å²) in [6, 6.07) is 0.752. The van der Waals surface area contributed by atoms with Crippen molar-refractivity contribution in [3.8, 4) is 0 Å². The zero-order valence-electron chi connectivity index (χ0n) is 13.6. The van der Waals surface area contributed by atoms with Gasteiger partial charge in [-0.05, 0) is 57.0 Å². The molecule has 1 unspecified atom stereocenters. The Hall–Kier alpha value is 0.270. The van der Waals surface area contributed by atoms with Crippen molar-refractivity contribution in [2.24, 2.45) is 5.41 Å². The zero-order valence-corrected chi connectivity index (χ0v) is 14.5. The van der Waals surface area contributed by atoms with Gasteiger partial charge in [-0.15, -0.1) is 0 Å². The van der Waals surface area contributed by atoms with Crippen LogP contribution >= 0.6 is 12.6 Å². The second-order valence-electron chi connectivity index (χ2n) is 7.22. The van der Waals surface area contributed by atoms with Crippen LogP contribution in [0.1, 0.15) is 58.3 Å². The second kappa shape index (κ2) is 8.05. The summed E-state index contributed by atoms with van der Waals surface area (Å²) in [6.45, 7) is 7.46. The Balaban J connectivity index is 2.03. The lowest BCUT2D eigenvalue weighted by atomic mass is 9.81. The molecule has 1 aliphatic heterocycles. The summed E-state index contributed by atoms with van der Waals surface area (Å²) in [5, 5.41) is 0.